The molecule has 23 heavy (non-hydrogen) atoms. The molecule has 1 aromatic heterocycles. The van der Waals surface area contributed by atoms with Crippen molar-refractivity contribution < 1.29 is 13.6 Å². The van der Waals surface area contributed by atoms with E-state index in [1.54, 1.807) is 7.05 Å². The number of aromatic amines is 1. The molecule has 1 heterocycles. The highest BCUT2D eigenvalue weighted by Gasteiger charge is 2.15. The molecule has 3 rings (SSSR count). The van der Waals surface area contributed by atoms with Gasteiger partial charge in [-0.15, -0.1) is 0 Å². The van der Waals surface area contributed by atoms with Crippen LogP contribution in [-0.4, -0.2) is 22.8 Å². The maximum Gasteiger partial charge on any atom is 0.227 e. The van der Waals surface area contributed by atoms with Crippen molar-refractivity contribution in [2.45, 2.75) is 13.0 Å². The van der Waals surface area contributed by atoms with Crippen LogP contribution in [0.5, 0.6) is 0 Å². The number of benzene rings is 2. The molecular formula is C18H16F2N2O. The number of likely N-dealkylation sites (N-methyl/N-ethyl adjacent to an activating group) is 1. The molecule has 3 aromatic rings. The Morgan fingerprint density at radius 2 is 1.91 bits per heavy atom. The quantitative estimate of drug-likeness (QED) is 0.784. The largest absolute Gasteiger partial charge is 0.361 e. The zero-order chi connectivity index (χ0) is 16.4. The van der Waals surface area contributed by atoms with Crippen LogP contribution in [0, 0.1) is 11.6 Å². The monoisotopic (exact) mass is 314 g/mol. The van der Waals surface area contributed by atoms with Gasteiger partial charge in [0.15, 0.2) is 0 Å². The number of aromatic nitrogens is 1. The minimum atomic E-state index is -0.642. The number of hydrogen-bond acceptors (Lipinski definition) is 1. The summed E-state index contributed by atoms with van der Waals surface area (Å²) in [6, 6.07) is 11.1. The molecule has 0 aliphatic rings. The highest BCUT2D eigenvalue weighted by molar-refractivity contribution is 5.88. The number of fused-ring (bicyclic) bond motifs is 1. The van der Waals surface area contributed by atoms with Crippen molar-refractivity contribution in [3.05, 3.63) is 71.4 Å². The number of halogens is 2. The predicted octanol–water partition coefficient (Wildman–Crippen LogP) is 3.65. The van der Waals surface area contributed by atoms with Gasteiger partial charge >= 0.3 is 0 Å². The summed E-state index contributed by atoms with van der Waals surface area (Å²) in [6.07, 6.45) is 2.04. The molecule has 0 aliphatic heterocycles. The van der Waals surface area contributed by atoms with E-state index in [9.17, 15) is 13.6 Å². The van der Waals surface area contributed by atoms with E-state index >= 15 is 0 Å². The molecule has 0 aliphatic carbocycles. The molecule has 0 saturated carbocycles. The fourth-order valence-corrected chi connectivity index (χ4v) is 2.57. The van der Waals surface area contributed by atoms with Crippen LogP contribution < -0.4 is 0 Å². The Morgan fingerprint density at radius 3 is 2.70 bits per heavy atom. The molecule has 0 fully saturated rings. The molecule has 3 nitrogen and oxygen atoms in total. The van der Waals surface area contributed by atoms with Gasteiger partial charge in [0.1, 0.15) is 11.6 Å². The van der Waals surface area contributed by atoms with Crippen molar-refractivity contribution in [3.8, 4) is 0 Å². The van der Waals surface area contributed by atoms with Crippen LogP contribution in [0.4, 0.5) is 8.78 Å². The van der Waals surface area contributed by atoms with Gasteiger partial charge < -0.3 is 9.88 Å². The lowest BCUT2D eigenvalue weighted by molar-refractivity contribution is -0.129. The molecule has 0 bridgehead atoms. The van der Waals surface area contributed by atoms with Gasteiger partial charge in [0.05, 0.1) is 6.42 Å². The van der Waals surface area contributed by atoms with Gasteiger partial charge in [0, 0.05) is 42.3 Å². The molecule has 0 radical (unpaired) electrons. The van der Waals surface area contributed by atoms with Crippen molar-refractivity contribution in [1.82, 2.24) is 9.88 Å². The van der Waals surface area contributed by atoms with Crippen LogP contribution in [0.1, 0.15) is 11.1 Å². The topological polar surface area (TPSA) is 36.1 Å². The molecule has 0 atom stereocenters. The standard InChI is InChI=1S/C18H16F2N2O/c1-22(11-12-6-7-14(19)9-16(12)20)18(23)8-13-10-21-17-5-3-2-4-15(13)17/h2-7,9-10,21H,8,11H2,1H3. The SMILES string of the molecule is CN(Cc1ccc(F)cc1F)C(=O)Cc1c[nH]c2ccccc12. The van der Waals surface area contributed by atoms with Crippen molar-refractivity contribution in [2.75, 3.05) is 7.05 Å². The van der Waals surface area contributed by atoms with E-state index < -0.39 is 11.6 Å². The summed E-state index contributed by atoms with van der Waals surface area (Å²) in [5.41, 5.74) is 2.17. The van der Waals surface area contributed by atoms with Gasteiger partial charge in [-0.25, -0.2) is 8.78 Å². The van der Waals surface area contributed by atoms with Crippen molar-refractivity contribution in [1.29, 1.82) is 0 Å². The van der Waals surface area contributed by atoms with Crippen LogP contribution in [0.2, 0.25) is 0 Å². The smallest absolute Gasteiger partial charge is 0.227 e. The van der Waals surface area contributed by atoms with Gasteiger partial charge in [-0.2, -0.15) is 0 Å². The van der Waals surface area contributed by atoms with Crippen molar-refractivity contribution >= 4 is 16.8 Å². The first kappa shape index (κ1) is 15.2. The maximum atomic E-state index is 13.7. The Morgan fingerprint density at radius 1 is 1.13 bits per heavy atom. The van der Waals surface area contributed by atoms with Gasteiger partial charge in [0.25, 0.3) is 0 Å². The Kier molecular flexibility index (Phi) is 4.10. The van der Waals surface area contributed by atoms with Gasteiger partial charge in [-0.3, -0.25) is 4.79 Å². The predicted molar refractivity (Wildman–Crippen MR) is 84.8 cm³/mol. The summed E-state index contributed by atoms with van der Waals surface area (Å²) < 4.78 is 26.6. The first-order chi connectivity index (χ1) is 11.0. The Hall–Kier alpha value is -2.69. The molecule has 118 valence electrons. The first-order valence-corrected chi connectivity index (χ1v) is 7.27. The number of nitrogens with zero attached hydrogens (tertiary/aromatic N) is 1. The number of carbonyl (C=O) groups is 1. The number of nitrogens with one attached hydrogen (secondary N) is 1. The molecule has 2 aromatic carbocycles. The second-order valence-corrected chi connectivity index (χ2v) is 5.52. The summed E-state index contributed by atoms with van der Waals surface area (Å²) in [7, 11) is 1.61. The second-order valence-electron chi connectivity index (χ2n) is 5.52. The number of amides is 1. The number of H-pyrrole nitrogens is 1. The lowest BCUT2D eigenvalue weighted by Gasteiger charge is -2.17. The third-order valence-corrected chi connectivity index (χ3v) is 3.86. The van der Waals surface area contributed by atoms with E-state index in [4.69, 9.17) is 0 Å². The molecule has 1 amide bonds. The highest BCUT2D eigenvalue weighted by Crippen LogP contribution is 2.19. The molecule has 0 spiro atoms. The Bertz CT molecular complexity index is 857. The number of hydrogen-bond donors (Lipinski definition) is 1. The first-order valence-electron chi connectivity index (χ1n) is 7.27. The van der Waals surface area contributed by atoms with E-state index in [1.807, 2.05) is 30.5 Å². The van der Waals surface area contributed by atoms with Crippen LogP contribution in [0.15, 0.2) is 48.7 Å². The molecule has 5 heteroatoms. The molecule has 0 saturated heterocycles. The van der Waals surface area contributed by atoms with Crippen LogP contribution >= 0.6 is 0 Å². The number of carbonyl (C=O) groups excluding carboxylic acids is 1. The average Bonchev–Trinajstić information content (AvgIpc) is 2.93. The lowest BCUT2D eigenvalue weighted by atomic mass is 10.1. The van der Waals surface area contributed by atoms with Gasteiger partial charge in [-0.1, -0.05) is 24.3 Å². The van der Waals surface area contributed by atoms with E-state index in [2.05, 4.69) is 4.98 Å². The zero-order valence-corrected chi connectivity index (χ0v) is 12.6. The normalized spacial score (nSPS) is 10.9. The molecular weight excluding hydrogens is 298 g/mol. The number of para-hydroxylation sites is 1. The van der Waals surface area contributed by atoms with Gasteiger partial charge in [-0.05, 0) is 17.7 Å². The second kappa shape index (κ2) is 6.20. The Balaban J connectivity index is 1.72. The number of rotatable bonds is 4. The van der Waals surface area contributed by atoms with E-state index in [-0.39, 0.29) is 18.9 Å². The van der Waals surface area contributed by atoms with E-state index in [0.717, 1.165) is 22.5 Å². The zero-order valence-electron chi connectivity index (χ0n) is 12.6. The summed E-state index contributed by atoms with van der Waals surface area (Å²) in [5, 5.41) is 1.00. The van der Waals surface area contributed by atoms with E-state index in [0.29, 0.717) is 5.56 Å². The minimum absolute atomic E-state index is 0.104. The third kappa shape index (κ3) is 3.23. The lowest BCUT2D eigenvalue weighted by Crippen LogP contribution is -2.28. The van der Waals surface area contributed by atoms with Gasteiger partial charge in [0.2, 0.25) is 5.91 Å². The summed E-state index contributed by atoms with van der Waals surface area (Å²) in [5.74, 6) is -1.39. The van der Waals surface area contributed by atoms with Crippen molar-refractivity contribution in [3.63, 3.8) is 0 Å². The Labute approximate surface area is 132 Å². The summed E-state index contributed by atoms with van der Waals surface area (Å²) >= 11 is 0. The average molecular weight is 314 g/mol. The van der Waals surface area contributed by atoms with E-state index in [1.165, 1.54) is 17.0 Å². The third-order valence-electron chi connectivity index (χ3n) is 3.86. The summed E-state index contributed by atoms with van der Waals surface area (Å²) in [4.78, 5) is 16.9. The molecule has 1 N–H and O–H groups in total. The summed E-state index contributed by atoms with van der Waals surface area (Å²) in [6.45, 7) is 0.104. The van der Waals surface area contributed by atoms with Crippen LogP contribution in [0.25, 0.3) is 10.9 Å². The van der Waals surface area contributed by atoms with Crippen LogP contribution in [0.3, 0.4) is 0 Å². The fourth-order valence-electron chi connectivity index (χ4n) is 2.57. The van der Waals surface area contributed by atoms with Crippen molar-refractivity contribution in [2.24, 2.45) is 0 Å². The fraction of sp³-hybridized carbons (Fsp3) is 0.167. The molecule has 0 unspecified atom stereocenters. The minimum Gasteiger partial charge on any atom is -0.361 e. The maximum absolute atomic E-state index is 13.7. The van der Waals surface area contributed by atoms with Crippen LogP contribution in [-0.2, 0) is 17.8 Å². The highest BCUT2D eigenvalue weighted by atomic mass is 19.1.